The molecule has 64 valence electrons. The van der Waals surface area contributed by atoms with Gasteiger partial charge < -0.3 is 0 Å². The molecule has 0 saturated carbocycles. The predicted molar refractivity (Wildman–Crippen MR) is 50.6 cm³/mol. The first-order valence-corrected chi connectivity index (χ1v) is 4.67. The van der Waals surface area contributed by atoms with Gasteiger partial charge in [-0.05, 0) is 37.5 Å². The molecule has 0 amide bonds. The van der Waals surface area contributed by atoms with Crippen molar-refractivity contribution in [2.45, 2.75) is 47.0 Å². The van der Waals surface area contributed by atoms with Gasteiger partial charge in [0.1, 0.15) is 0 Å². The van der Waals surface area contributed by atoms with Crippen LogP contribution in [-0.2, 0) is 0 Å². The van der Waals surface area contributed by atoms with Crippen LogP contribution in [-0.4, -0.2) is 0 Å². The van der Waals surface area contributed by atoms with Crippen LogP contribution in [0.5, 0.6) is 0 Å². The summed E-state index contributed by atoms with van der Waals surface area (Å²) in [5.41, 5.74) is 2.07. The van der Waals surface area contributed by atoms with Gasteiger partial charge in [0, 0.05) is 0 Å². The Morgan fingerprint density at radius 2 is 2.00 bits per heavy atom. The van der Waals surface area contributed by atoms with Crippen LogP contribution < -0.4 is 0 Å². The lowest BCUT2D eigenvalue weighted by molar-refractivity contribution is 0.264. The summed E-state index contributed by atoms with van der Waals surface area (Å²) in [5.74, 6) is 0.816. The number of rotatable bonds is 0. The molecule has 0 aromatic rings. The highest BCUT2D eigenvalue weighted by Gasteiger charge is 2.24. The van der Waals surface area contributed by atoms with E-state index in [-0.39, 0.29) is 0 Å². The average Bonchev–Trinajstić information content (AvgIpc) is 1.86. The molecule has 1 atom stereocenters. The summed E-state index contributed by atoms with van der Waals surface area (Å²) < 4.78 is 0. The van der Waals surface area contributed by atoms with Gasteiger partial charge in [0.15, 0.2) is 0 Å². The number of hydrogen-bond donors (Lipinski definition) is 0. The molecule has 0 heteroatoms. The number of allylic oxidation sites excluding steroid dienone is 2. The van der Waals surface area contributed by atoms with E-state index in [1.165, 1.54) is 19.3 Å². The Hall–Kier alpha value is -0.260. The van der Waals surface area contributed by atoms with Crippen molar-refractivity contribution < 1.29 is 0 Å². The summed E-state index contributed by atoms with van der Waals surface area (Å²) in [6.45, 7) is 9.28. The summed E-state index contributed by atoms with van der Waals surface area (Å²) in [5, 5.41) is 0. The Bertz CT molecular complexity index is 157. The summed E-state index contributed by atoms with van der Waals surface area (Å²) in [6.07, 6.45) is 6.58. The highest BCUT2D eigenvalue weighted by Crippen LogP contribution is 2.35. The first-order chi connectivity index (χ1) is 5.00. The lowest BCUT2D eigenvalue weighted by atomic mass is 9.74. The molecular weight excluding hydrogens is 132 g/mol. The van der Waals surface area contributed by atoms with Gasteiger partial charge in [0.05, 0.1) is 0 Å². The first-order valence-electron chi connectivity index (χ1n) is 4.67. The van der Waals surface area contributed by atoms with Gasteiger partial charge in [-0.2, -0.15) is 0 Å². The molecule has 0 heterocycles. The maximum atomic E-state index is 2.48. The molecule has 1 rings (SSSR count). The maximum absolute atomic E-state index is 2.48. The van der Waals surface area contributed by atoms with E-state index in [1.807, 2.05) is 0 Å². The average molecular weight is 152 g/mol. The predicted octanol–water partition coefficient (Wildman–Crippen LogP) is 3.78. The molecule has 0 N–H and O–H groups in total. The molecule has 1 unspecified atom stereocenters. The van der Waals surface area contributed by atoms with E-state index in [0.717, 1.165) is 5.92 Å². The quantitative estimate of drug-likeness (QED) is 0.463. The van der Waals surface area contributed by atoms with Gasteiger partial charge in [-0.25, -0.2) is 0 Å². The summed E-state index contributed by atoms with van der Waals surface area (Å²) >= 11 is 0. The monoisotopic (exact) mass is 152 g/mol. The number of hydrogen-bond acceptors (Lipinski definition) is 0. The van der Waals surface area contributed by atoms with Crippen LogP contribution >= 0.6 is 0 Å². The molecule has 1 aliphatic carbocycles. The fraction of sp³-hybridized carbons (Fsp3) is 0.818. The molecule has 0 radical (unpaired) electrons. The second-order valence-electron chi connectivity index (χ2n) is 4.88. The Kier molecular flexibility index (Phi) is 2.41. The standard InChI is InChI=1S/C11H20/c1-9-6-5-7-10(8-9)11(2,3)4/h8,10H,5-7H2,1-4H3. The molecule has 0 saturated heterocycles. The Labute approximate surface area is 70.7 Å². The van der Waals surface area contributed by atoms with Crippen LogP contribution in [0.4, 0.5) is 0 Å². The van der Waals surface area contributed by atoms with Gasteiger partial charge in [-0.3, -0.25) is 0 Å². The molecule has 0 bridgehead atoms. The van der Waals surface area contributed by atoms with Gasteiger partial charge in [-0.1, -0.05) is 32.4 Å². The molecule has 0 aromatic heterocycles. The molecule has 0 fully saturated rings. The SMILES string of the molecule is CC1=CC(C(C)(C)C)CCC1. The van der Waals surface area contributed by atoms with Gasteiger partial charge in [-0.15, -0.1) is 0 Å². The fourth-order valence-electron chi connectivity index (χ4n) is 1.79. The molecule has 1 aliphatic rings. The van der Waals surface area contributed by atoms with E-state index in [9.17, 15) is 0 Å². The van der Waals surface area contributed by atoms with Crippen molar-refractivity contribution in [3.8, 4) is 0 Å². The summed E-state index contributed by atoms with van der Waals surface area (Å²) in [7, 11) is 0. The third-order valence-corrected chi connectivity index (χ3v) is 2.68. The van der Waals surface area contributed by atoms with Crippen molar-refractivity contribution in [3.63, 3.8) is 0 Å². The Morgan fingerprint density at radius 1 is 1.36 bits per heavy atom. The van der Waals surface area contributed by atoms with E-state index in [2.05, 4.69) is 33.8 Å². The van der Waals surface area contributed by atoms with Crippen LogP contribution in [0.1, 0.15) is 47.0 Å². The van der Waals surface area contributed by atoms with Gasteiger partial charge in [0.25, 0.3) is 0 Å². The van der Waals surface area contributed by atoms with Crippen LogP contribution in [0.3, 0.4) is 0 Å². The van der Waals surface area contributed by atoms with Gasteiger partial charge >= 0.3 is 0 Å². The summed E-state index contributed by atoms with van der Waals surface area (Å²) in [4.78, 5) is 0. The van der Waals surface area contributed by atoms with Crippen LogP contribution in [0.15, 0.2) is 11.6 Å². The van der Waals surface area contributed by atoms with Crippen molar-refractivity contribution >= 4 is 0 Å². The van der Waals surface area contributed by atoms with Crippen LogP contribution in [0.2, 0.25) is 0 Å². The lowest BCUT2D eigenvalue weighted by Crippen LogP contribution is -2.20. The van der Waals surface area contributed by atoms with Crippen molar-refractivity contribution in [2.24, 2.45) is 11.3 Å². The third-order valence-electron chi connectivity index (χ3n) is 2.68. The minimum Gasteiger partial charge on any atom is -0.0820 e. The zero-order valence-corrected chi connectivity index (χ0v) is 8.28. The smallest absolute Gasteiger partial charge is 0.0182 e. The van der Waals surface area contributed by atoms with E-state index in [4.69, 9.17) is 0 Å². The lowest BCUT2D eigenvalue weighted by Gasteiger charge is -2.31. The molecule has 0 aromatic carbocycles. The summed E-state index contributed by atoms with van der Waals surface area (Å²) in [6, 6.07) is 0. The molecule has 0 spiro atoms. The zero-order valence-electron chi connectivity index (χ0n) is 8.28. The minimum atomic E-state index is 0.474. The molecule has 0 aliphatic heterocycles. The Balaban J connectivity index is 2.67. The largest absolute Gasteiger partial charge is 0.0820 e. The Morgan fingerprint density at radius 3 is 2.36 bits per heavy atom. The van der Waals surface area contributed by atoms with E-state index in [0.29, 0.717) is 5.41 Å². The second kappa shape index (κ2) is 3.00. The molecule has 11 heavy (non-hydrogen) atoms. The van der Waals surface area contributed by atoms with Crippen molar-refractivity contribution in [2.75, 3.05) is 0 Å². The second-order valence-corrected chi connectivity index (χ2v) is 4.88. The maximum Gasteiger partial charge on any atom is -0.0182 e. The topological polar surface area (TPSA) is 0 Å². The minimum absolute atomic E-state index is 0.474. The van der Waals surface area contributed by atoms with E-state index in [1.54, 1.807) is 5.57 Å². The van der Waals surface area contributed by atoms with Crippen molar-refractivity contribution in [1.29, 1.82) is 0 Å². The molecule has 0 nitrogen and oxygen atoms in total. The fourth-order valence-corrected chi connectivity index (χ4v) is 1.79. The van der Waals surface area contributed by atoms with Crippen molar-refractivity contribution in [1.82, 2.24) is 0 Å². The highest BCUT2D eigenvalue weighted by atomic mass is 14.3. The van der Waals surface area contributed by atoms with Crippen LogP contribution in [0, 0.1) is 11.3 Å². The van der Waals surface area contributed by atoms with E-state index < -0.39 is 0 Å². The molecular formula is C11H20. The zero-order chi connectivity index (χ0) is 8.48. The normalized spacial score (nSPS) is 26.5. The third kappa shape index (κ3) is 2.36. The first kappa shape index (κ1) is 8.83. The van der Waals surface area contributed by atoms with Crippen molar-refractivity contribution in [3.05, 3.63) is 11.6 Å². The van der Waals surface area contributed by atoms with E-state index >= 15 is 0 Å². The highest BCUT2D eigenvalue weighted by molar-refractivity contribution is 5.07. The van der Waals surface area contributed by atoms with Crippen LogP contribution in [0.25, 0.3) is 0 Å². The van der Waals surface area contributed by atoms with Gasteiger partial charge in [0.2, 0.25) is 0 Å².